The van der Waals surface area contributed by atoms with Crippen molar-refractivity contribution < 1.29 is 4.74 Å². The lowest BCUT2D eigenvalue weighted by Gasteiger charge is -2.37. The summed E-state index contributed by atoms with van der Waals surface area (Å²) >= 11 is 0. The molecule has 0 unspecified atom stereocenters. The second kappa shape index (κ2) is 4.02. The highest BCUT2D eigenvalue weighted by Gasteiger charge is 2.35. The number of nitrogens with two attached hydrogens (primary N) is 1. The van der Waals surface area contributed by atoms with E-state index in [0.29, 0.717) is 0 Å². The molecule has 92 valence electrons. The monoisotopic (exact) mass is 231 g/mol. The Bertz CT molecular complexity index is 419. The van der Waals surface area contributed by atoms with Crippen LogP contribution in [0, 0.1) is 5.92 Å². The molecular formula is C15H21NO. The fourth-order valence-corrected chi connectivity index (χ4v) is 3.15. The van der Waals surface area contributed by atoms with E-state index < -0.39 is 0 Å². The third-order valence-corrected chi connectivity index (χ3v) is 4.42. The Morgan fingerprint density at radius 2 is 2.06 bits per heavy atom. The molecule has 1 aromatic carbocycles. The predicted octanol–water partition coefficient (Wildman–Crippen LogP) is 2.99. The number of benzene rings is 1. The third kappa shape index (κ3) is 1.85. The van der Waals surface area contributed by atoms with E-state index >= 15 is 0 Å². The van der Waals surface area contributed by atoms with Crippen LogP contribution in [0.1, 0.15) is 43.7 Å². The van der Waals surface area contributed by atoms with Crippen molar-refractivity contribution in [3.63, 3.8) is 0 Å². The van der Waals surface area contributed by atoms with E-state index in [4.69, 9.17) is 10.5 Å². The second-order valence-corrected chi connectivity index (χ2v) is 5.73. The van der Waals surface area contributed by atoms with Gasteiger partial charge in [0.2, 0.25) is 0 Å². The fourth-order valence-electron chi connectivity index (χ4n) is 3.15. The highest BCUT2D eigenvalue weighted by molar-refractivity contribution is 5.47. The highest BCUT2D eigenvalue weighted by atomic mass is 16.5. The molecule has 1 aromatic rings. The number of fused-ring (bicyclic) bond motifs is 1. The zero-order valence-corrected chi connectivity index (χ0v) is 10.5. The van der Waals surface area contributed by atoms with Gasteiger partial charge in [0.15, 0.2) is 0 Å². The van der Waals surface area contributed by atoms with Crippen LogP contribution in [0.25, 0.3) is 0 Å². The Labute approximate surface area is 103 Å². The minimum Gasteiger partial charge on any atom is -0.493 e. The smallest absolute Gasteiger partial charge is 0.127 e. The number of hydrogen-bond acceptors (Lipinski definition) is 2. The minimum atomic E-state index is -0.151. The SMILES string of the molecule is CC1CCC(N)(c2cccc3c2OCC3)CC1. The van der Waals surface area contributed by atoms with Crippen molar-refractivity contribution in [2.75, 3.05) is 6.61 Å². The molecule has 1 aliphatic carbocycles. The molecule has 1 saturated carbocycles. The van der Waals surface area contributed by atoms with Gasteiger partial charge in [0, 0.05) is 17.5 Å². The van der Waals surface area contributed by atoms with Crippen LogP contribution in [0.5, 0.6) is 5.75 Å². The molecule has 2 aliphatic rings. The first kappa shape index (κ1) is 11.1. The van der Waals surface area contributed by atoms with Crippen LogP contribution >= 0.6 is 0 Å². The number of hydrogen-bond donors (Lipinski definition) is 1. The van der Waals surface area contributed by atoms with Gasteiger partial charge in [0.1, 0.15) is 5.75 Å². The zero-order valence-electron chi connectivity index (χ0n) is 10.5. The van der Waals surface area contributed by atoms with Gasteiger partial charge in [-0.1, -0.05) is 25.1 Å². The van der Waals surface area contributed by atoms with Gasteiger partial charge < -0.3 is 10.5 Å². The molecule has 2 nitrogen and oxygen atoms in total. The quantitative estimate of drug-likeness (QED) is 0.806. The number of para-hydroxylation sites is 1. The van der Waals surface area contributed by atoms with Crippen molar-refractivity contribution in [2.24, 2.45) is 11.7 Å². The van der Waals surface area contributed by atoms with Crippen LogP contribution in [0.3, 0.4) is 0 Å². The highest BCUT2D eigenvalue weighted by Crippen LogP contribution is 2.43. The van der Waals surface area contributed by atoms with Gasteiger partial charge in [0.25, 0.3) is 0 Å². The molecule has 0 radical (unpaired) electrons. The van der Waals surface area contributed by atoms with E-state index in [1.165, 1.54) is 24.0 Å². The molecule has 0 bridgehead atoms. The van der Waals surface area contributed by atoms with Crippen LogP contribution in [-0.2, 0) is 12.0 Å². The molecule has 0 atom stereocenters. The van der Waals surface area contributed by atoms with Gasteiger partial charge in [0.05, 0.1) is 6.61 Å². The van der Waals surface area contributed by atoms with E-state index in [1.54, 1.807) is 0 Å². The minimum absolute atomic E-state index is 0.151. The van der Waals surface area contributed by atoms with Crippen molar-refractivity contribution in [2.45, 2.75) is 44.6 Å². The molecule has 3 rings (SSSR count). The summed E-state index contributed by atoms with van der Waals surface area (Å²) in [6, 6.07) is 6.47. The Morgan fingerprint density at radius 3 is 2.82 bits per heavy atom. The normalized spacial score (nSPS) is 32.0. The number of rotatable bonds is 1. The molecular weight excluding hydrogens is 210 g/mol. The average Bonchev–Trinajstić information content (AvgIpc) is 2.81. The Kier molecular flexibility index (Phi) is 2.62. The molecule has 0 amide bonds. The molecule has 2 N–H and O–H groups in total. The van der Waals surface area contributed by atoms with Crippen molar-refractivity contribution >= 4 is 0 Å². The van der Waals surface area contributed by atoms with E-state index in [2.05, 4.69) is 25.1 Å². The van der Waals surface area contributed by atoms with E-state index in [-0.39, 0.29) is 5.54 Å². The molecule has 17 heavy (non-hydrogen) atoms. The van der Waals surface area contributed by atoms with Crippen molar-refractivity contribution in [1.29, 1.82) is 0 Å². The maximum absolute atomic E-state index is 6.64. The van der Waals surface area contributed by atoms with Crippen LogP contribution in [-0.4, -0.2) is 6.61 Å². The lowest BCUT2D eigenvalue weighted by molar-refractivity contribution is 0.239. The van der Waals surface area contributed by atoms with Crippen LogP contribution in [0.2, 0.25) is 0 Å². The van der Waals surface area contributed by atoms with Gasteiger partial charge in [-0.3, -0.25) is 0 Å². The first-order valence-electron chi connectivity index (χ1n) is 6.73. The van der Waals surface area contributed by atoms with Gasteiger partial charge in [-0.2, -0.15) is 0 Å². The standard InChI is InChI=1S/C15H21NO/c1-11-5-8-15(16,9-6-11)13-4-2-3-12-7-10-17-14(12)13/h2-4,11H,5-10,16H2,1H3. The third-order valence-electron chi connectivity index (χ3n) is 4.42. The fraction of sp³-hybridized carbons (Fsp3) is 0.600. The van der Waals surface area contributed by atoms with Gasteiger partial charge in [-0.25, -0.2) is 0 Å². The lowest BCUT2D eigenvalue weighted by atomic mass is 9.73. The molecule has 0 spiro atoms. The van der Waals surface area contributed by atoms with E-state index in [0.717, 1.165) is 37.5 Å². The van der Waals surface area contributed by atoms with E-state index in [1.807, 2.05) is 0 Å². The second-order valence-electron chi connectivity index (χ2n) is 5.73. The predicted molar refractivity (Wildman–Crippen MR) is 69.1 cm³/mol. The zero-order chi connectivity index (χ0) is 11.9. The Morgan fingerprint density at radius 1 is 1.29 bits per heavy atom. The van der Waals surface area contributed by atoms with Crippen molar-refractivity contribution in [3.8, 4) is 5.75 Å². The molecule has 2 heteroatoms. The maximum Gasteiger partial charge on any atom is 0.127 e. The van der Waals surface area contributed by atoms with Crippen molar-refractivity contribution in [3.05, 3.63) is 29.3 Å². The molecule has 1 fully saturated rings. The summed E-state index contributed by atoms with van der Waals surface area (Å²) in [5.74, 6) is 1.91. The topological polar surface area (TPSA) is 35.2 Å². The van der Waals surface area contributed by atoms with Gasteiger partial charge in [-0.15, -0.1) is 0 Å². The number of ether oxygens (including phenoxy) is 1. The Hall–Kier alpha value is -1.02. The van der Waals surface area contributed by atoms with Crippen LogP contribution < -0.4 is 10.5 Å². The summed E-state index contributed by atoms with van der Waals surface area (Å²) < 4.78 is 5.79. The van der Waals surface area contributed by atoms with E-state index in [9.17, 15) is 0 Å². The van der Waals surface area contributed by atoms with Gasteiger partial charge in [-0.05, 0) is 37.2 Å². The summed E-state index contributed by atoms with van der Waals surface area (Å²) in [6.07, 6.45) is 5.69. The van der Waals surface area contributed by atoms with Crippen LogP contribution in [0.15, 0.2) is 18.2 Å². The molecule has 0 saturated heterocycles. The maximum atomic E-state index is 6.64. The van der Waals surface area contributed by atoms with Crippen molar-refractivity contribution in [1.82, 2.24) is 0 Å². The largest absolute Gasteiger partial charge is 0.493 e. The lowest BCUT2D eigenvalue weighted by Crippen LogP contribution is -2.40. The summed E-state index contributed by atoms with van der Waals surface area (Å²) in [7, 11) is 0. The molecule has 1 aliphatic heterocycles. The summed E-state index contributed by atoms with van der Waals surface area (Å²) in [6.45, 7) is 3.14. The Balaban J connectivity index is 1.96. The summed E-state index contributed by atoms with van der Waals surface area (Å²) in [4.78, 5) is 0. The summed E-state index contributed by atoms with van der Waals surface area (Å²) in [5.41, 5.74) is 9.07. The van der Waals surface area contributed by atoms with Crippen LogP contribution in [0.4, 0.5) is 0 Å². The first-order chi connectivity index (χ1) is 8.19. The molecule has 0 aromatic heterocycles. The average molecular weight is 231 g/mol. The first-order valence-corrected chi connectivity index (χ1v) is 6.73. The van der Waals surface area contributed by atoms with Gasteiger partial charge >= 0.3 is 0 Å². The molecule has 1 heterocycles. The summed E-state index contributed by atoms with van der Waals surface area (Å²) in [5, 5.41) is 0.